The Bertz CT molecular complexity index is 414. The van der Waals surface area contributed by atoms with Crippen molar-refractivity contribution in [2.45, 2.75) is 40.5 Å². The van der Waals surface area contributed by atoms with E-state index < -0.39 is 28.6 Å². The summed E-state index contributed by atoms with van der Waals surface area (Å²) in [6, 6.07) is 0. The number of rotatable bonds is 10. The van der Waals surface area contributed by atoms with Crippen LogP contribution >= 0.6 is 0 Å². The average molecular weight is 310 g/mol. The molecule has 0 spiro atoms. The molecule has 0 bridgehead atoms. The van der Waals surface area contributed by atoms with Crippen LogP contribution in [0.2, 0.25) is 0 Å². The van der Waals surface area contributed by atoms with E-state index in [0.717, 1.165) is 0 Å². The van der Waals surface area contributed by atoms with Crippen LogP contribution in [-0.2, 0) is 23.9 Å². The molecule has 2 unspecified atom stereocenters. The van der Waals surface area contributed by atoms with Crippen molar-refractivity contribution >= 4 is 17.7 Å². The van der Waals surface area contributed by atoms with Crippen LogP contribution in [0.1, 0.15) is 40.5 Å². The predicted octanol–water partition coefficient (Wildman–Crippen LogP) is 2.85. The highest BCUT2D eigenvalue weighted by molar-refractivity contribution is 6.14. The van der Waals surface area contributed by atoms with E-state index in [0.29, 0.717) is 0 Å². The Labute approximate surface area is 132 Å². The molecule has 0 radical (unpaired) electrons. The van der Waals surface area contributed by atoms with Crippen molar-refractivity contribution < 1.29 is 23.9 Å². The van der Waals surface area contributed by atoms with Gasteiger partial charge in [-0.1, -0.05) is 39.2 Å². The van der Waals surface area contributed by atoms with E-state index >= 15 is 0 Å². The quantitative estimate of drug-likeness (QED) is 0.352. The first kappa shape index (κ1) is 20.1. The van der Waals surface area contributed by atoms with Crippen LogP contribution in [0.25, 0.3) is 0 Å². The maximum absolute atomic E-state index is 12.9. The second-order valence-electron chi connectivity index (χ2n) is 5.47. The van der Waals surface area contributed by atoms with Crippen molar-refractivity contribution in [3.05, 3.63) is 25.3 Å². The molecule has 5 nitrogen and oxygen atoms in total. The first-order valence-electron chi connectivity index (χ1n) is 7.35. The molecule has 0 rings (SSSR count). The maximum Gasteiger partial charge on any atom is 0.319 e. The van der Waals surface area contributed by atoms with E-state index in [2.05, 4.69) is 13.2 Å². The number of ketones is 1. The third-order valence-electron chi connectivity index (χ3n) is 3.98. The molecular formula is C17H26O5. The van der Waals surface area contributed by atoms with Crippen molar-refractivity contribution in [3.63, 3.8) is 0 Å². The van der Waals surface area contributed by atoms with Gasteiger partial charge >= 0.3 is 11.9 Å². The Balaban J connectivity index is 5.50. The molecule has 0 aromatic heterocycles. The van der Waals surface area contributed by atoms with Crippen LogP contribution in [0.15, 0.2) is 25.3 Å². The van der Waals surface area contributed by atoms with Gasteiger partial charge in [-0.05, 0) is 26.7 Å². The van der Waals surface area contributed by atoms with E-state index in [1.54, 1.807) is 13.8 Å². The summed E-state index contributed by atoms with van der Waals surface area (Å²) < 4.78 is 10.0. The number of hydrogen-bond acceptors (Lipinski definition) is 5. The van der Waals surface area contributed by atoms with Gasteiger partial charge < -0.3 is 9.47 Å². The van der Waals surface area contributed by atoms with Crippen LogP contribution in [0.3, 0.4) is 0 Å². The number of esters is 2. The van der Waals surface area contributed by atoms with E-state index in [1.165, 1.54) is 26.0 Å². The molecule has 0 aliphatic heterocycles. The van der Waals surface area contributed by atoms with Gasteiger partial charge in [-0.25, -0.2) is 0 Å². The Morgan fingerprint density at radius 3 is 1.41 bits per heavy atom. The van der Waals surface area contributed by atoms with Gasteiger partial charge in [0.05, 0.1) is 0 Å². The monoisotopic (exact) mass is 310 g/mol. The lowest BCUT2D eigenvalue weighted by molar-refractivity contribution is -0.169. The van der Waals surface area contributed by atoms with Crippen molar-refractivity contribution in [1.29, 1.82) is 0 Å². The van der Waals surface area contributed by atoms with E-state index in [-0.39, 0.29) is 26.1 Å². The average Bonchev–Trinajstić information content (AvgIpc) is 2.54. The van der Waals surface area contributed by atoms with Gasteiger partial charge in [0.25, 0.3) is 0 Å². The SMILES string of the molecule is C=CCOC(=O)C(C)(CC)C(=O)C(C)(CC)C(=O)OCC=C. The molecule has 2 atom stereocenters. The molecule has 0 fully saturated rings. The molecule has 0 aromatic rings. The lowest BCUT2D eigenvalue weighted by atomic mass is 9.68. The van der Waals surface area contributed by atoms with E-state index in [9.17, 15) is 14.4 Å². The fraction of sp³-hybridized carbons (Fsp3) is 0.588. The van der Waals surface area contributed by atoms with Gasteiger partial charge in [0.15, 0.2) is 5.78 Å². The summed E-state index contributed by atoms with van der Waals surface area (Å²) >= 11 is 0. The summed E-state index contributed by atoms with van der Waals surface area (Å²) in [6.07, 6.45) is 3.31. The zero-order chi connectivity index (χ0) is 17.4. The summed E-state index contributed by atoms with van der Waals surface area (Å²) in [4.78, 5) is 37.4. The van der Waals surface area contributed by atoms with Crippen molar-refractivity contribution in [2.24, 2.45) is 10.8 Å². The summed E-state index contributed by atoms with van der Waals surface area (Å²) in [6.45, 7) is 13.4. The zero-order valence-corrected chi connectivity index (χ0v) is 13.9. The van der Waals surface area contributed by atoms with Crippen LogP contribution < -0.4 is 0 Å². The lowest BCUT2D eigenvalue weighted by Gasteiger charge is -2.33. The Hall–Kier alpha value is -1.91. The molecule has 0 aromatic carbocycles. The standard InChI is InChI=1S/C17H26O5/c1-7-11-21-14(19)16(5,9-3)13(18)17(6,10-4)15(20)22-12-8-2/h7-8H,1-2,9-12H2,3-6H3. The first-order valence-corrected chi connectivity index (χ1v) is 7.35. The summed E-state index contributed by atoms with van der Waals surface area (Å²) in [5, 5.41) is 0. The van der Waals surface area contributed by atoms with E-state index in [1.807, 2.05) is 0 Å². The van der Waals surface area contributed by atoms with Crippen LogP contribution in [-0.4, -0.2) is 30.9 Å². The van der Waals surface area contributed by atoms with Crippen LogP contribution in [0.4, 0.5) is 0 Å². The molecule has 0 aliphatic carbocycles. The second kappa shape index (κ2) is 8.51. The minimum atomic E-state index is -1.40. The van der Waals surface area contributed by atoms with Crippen molar-refractivity contribution in [2.75, 3.05) is 13.2 Å². The maximum atomic E-state index is 12.9. The number of carbonyl (C=O) groups excluding carboxylic acids is 3. The third-order valence-corrected chi connectivity index (χ3v) is 3.98. The normalized spacial score (nSPS) is 15.8. The summed E-state index contributed by atoms with van der Waals surface area (Å²) in [7, 11) is 0. The molecule has 0 saturated heterocycles. The Morgan fingerprint density at radius 2 is 1.18 bits per heavy atom. The van der Waals surface area contributed by atoms with Gasteiger partial charge in [0.2, 0.25) is 0 Å². The van der Waals surface area contributed by atoms with Gasteiger partial charge in [-0.2, -0.15) is 0 Å². The molecule has 0 saturated carbocycles. The molecule has 0 heterocycles. The largest absolute Gasteiger partial charge is 0.461 e. The van der Waals surface area contributed by atoms with Crippen molar-refractivity contribution in [1.82, 2.24) is 0 Å². The number of hydrogen-bond donors (Lipinski definition) is 0. The van der Waals surface area contributed by atoms with Gasteiger partial charge in [0, 0.05) is 0 Å². The second-order valence-corrected chi connectivity index (χ2v) is 5.47. The topological polar surface area (TPSA) is 69.7 Å². The zero-order valence-electron chi connectivity index (χ0n) is 13.9. The molecular weight excluding hydrogens is 284 g/mol. The molecule has 22 heavy (non-hydrogen) atoms. The first-order chi connectivity index (χ1) is 10.2. The number of carbonyl (C=O) groups is 3. The highest BCUT2D eigenvalue weighted by atomic mass is 16.5. The molecule has 0 amide bonds. The highest BCUT2D eigenvalue weighted by Gasteiger charge is 2.53. The number of ether oxygens (including phenoxy) is 2. The molecule has 5 heteroatoms. The van der Waals surface area contributed by atoms with Gasteiger partial charge in [-0.15, -0.1) is 0 Å². The minimum absolute atomic E-state index is 0.0193. The fourth-order valence-electron chi connectivity index (χ4n) is 1.99. The smallest absolute Gasteiger partial charge is 0.319 e. The minimum Gasteiger partial charge on any atom is -0.461 e. The Kier molecular flexibility index (Phi) is 7.77. The van der Waals surface area contributed by atoms with Crippen LogP contribution in [0, 0.1) is 10.8 Å². The van der Waals surface area contributed by atoms with Crippen LogP contribution in [0.5, 0.6) is 0 Å². The highest BCUT2D eigenvalue weighted by Crippen LogP contribution is 2.37. The lowest BCUT2D eigenvalue weighted by Crippen LogP contribution is -2.49. The molecule has 124 valence electrons. The van der Waals surface area contributed by atoms with Gasteiger partial charge in [0.1, 0.15) is 24.0 Å². The van der Waals surface area contributed by atoms with Crippen molar-refractivity contribution in [3.8, 4) is 0 Å². The summed E-state index contributed by atoms with van der Waals surface area (Å²) in [5.41, 5.74) is -2.80. The predicted molar refractivity (Wildman–Crippen MR) is 84.1 cm³/mol. The molecule has 0 aliphatic rings. The Morgan fingerprint density at radius 1 is 0.864 bits per heavy atom. The fourth-order valence-corrected chi connectivity index (χ4v) is 1.99. The third kappa shape index (κ3) is 4.06. The number of Topliss-reactive ketones (excluding diaryl/α,β-unsaturated/α-hetero) is 1. The van der Waals surface area contributed by atoms with Gasteiger partial charge in [-0.3, -0.25) is 14.4 Å². The molecule has 0 N–H and O–H groups in total. The van der Waals surface area contributed by atoms with E-state index in [4.69, 9.17) is 9.47 Å². The summed E-state index contributed by atoms with van der Waals surface area (Å²) in [5.74, 6) is -1.81.